The predicted molar refractivity (Wildman–Crippen MR) is 75.2 cm³/mol. The zero-order chi connectivity index (χ0) is 17.4. The summed E-state index contributed by atoms with van der Waals surface area (Å²) in [7, 11) is -3.11. The average molecular weight is 351 g/mol. The molecule has 0 spiro atoms. The monoisotopic (exact) mass is 351 g/mol. The summed E-state index contributed by atoms with van der Waals surface area (Å²) >= 11 is 0. The van der Waals surface area contributed by atoms with E-state index in [9.17, 15) is 21.6 Å². The number of aryl methyl sites for hydroxylation is 1. The van der Waals surface area contributed by atoms with Crippen molar-refractivity contribution in [2.45, 2.75) is 12.4 Å². The zero-order valence-electron chi connectivity index (χ0n) is 12.3. The Hall–Kier alpha value is -2.23. The van der Waals surface area contributed by atoms with Crippen LogP contribution in [0.2, 0.25) is 0 Å². The first-order valence-corrected chi connectivity index (χ1v) is 7.54. The van der Waals surface area contributed by atoms with Gasteiger partial charge in [-0.25, -0.2) is 4.98 Å². The van der Waals surface area contributed by atoms with E-state index in [4.69, 9.17) is 9.47 Å². The number of benzene rings is 1. The number of aromatic nitrogens is 1. The highest BCUT2D eigenvalue weighted by Crippen LogP contribution is 2.37. The molecule has 126 valence electrons. The van der Waals surface area contributed by atoms with Crippen LogP contribution in [-0.4, -0.2) is 33.1 Å². The number of pyridine rings is 1. The lowest BCUT2D eigenvalue weighted by Gasteiger charge is -2.13. The number of halogens is 3. The number of hydrogen-bond donors (Lipinski definition) is 0. The van der Waals surface area contributed by atoms with Crippen molar-refractivity contribution in [3.8, 4) is 17.4 Å². The number of fused-ring (bicyclic) bond motifs is 1. The minimum absolute atomic E-state index is 0.0427. The van der Waals surface area contributed by atoms with E-state index in [1.165, 1.54) is 33.3 Å². The van der Waals surface area contributed by atoms with Gasteiger partial charge in [0.25, 0.3) is 0 Å². The third-order valence-electron chi connectivity index (χ3n) is 2.90. The Bertz CT molecular complexity index is 849. The molecule has 0 radical (unpaired) electrons. The highest BCUT2D eigenvalue weighted by Gasteiger charge is 2.49. The minimum atomic E-state index is -5.83. The van der Waals surface area contributed by atoms with Crippen molar-refractivity contribution in [1.29, 1.82) is 0 Å². The number of hydrogen-bond acceptors (Lipinski definition) is 6. The summed E-state index contributed by atoms with van der Waals surface area (Å²) in [6.45, 7) is 1.49. The van der Waals surface area contributed by atoms with Gasteiger partial charge in [-0.05, 0) is 30.5 Å². The molecule has 0 atom stereocenters. The first kappa shape index (κ1) is 17.1. The number of nitrogens with zero attached hydrogens (tertiary/aromatic N) is 1. The molecule has 23 heavy (non-hydrogen) atoms. The lowest BCUT2D eigenvalue weighted by Crippen LogP contribution is -2.28. The highest BCUT2D eigenvalue weighted by molar-refractivity contribution is 7.88. The molecule has 1 heterocycles. The second-order valence-corrected chi connectivity index (χ2v) is 6.02. The molecule has 0 unspecified atom stereocenters. The van der Waals surface area contributed by atoms with Gasteiger partial charge in [0.1, 0.15) is 0 Å². The van der Waals surface area contributed by atoms with E-state index >= 15 is 0 Å². The van der Waals surface area contributed by atoms with Gasteiger partial charge >= 0.3 is 15.6 Å². The minimum Gasteiger partial charge on any atom is -0.493 e. The first-order valence-electron chi connectivity index (χ1n) is 6.13. The quantitative estimate of drug-likeness (QED) is 0.623. The molecule has 10 heteroatoms. The second-order valence-electron chi connectivity index (χ2n) is 4.48. The summed E-state index contributed by atoms with van der Waals surface area (Å²) in [4.78, 5) is 3.73. The third-order valence-corrected chi connectivity index (χ3v) is 3.84. The summed E-state index contributed by atoms with van der Waals surface area (Å²) in [6, 6.07) is 4.32. The largest absolute Gasteiger partial charge is 0.534 e. The highest BCUT2D eigenvalue weighted by atomic mass is 32.2. The van der Waals surface area contributed by atoms with E-state index in [0.29, 0.717) is 11.1 Å². The van der Waals surface area contributed by atoms with Gasteiger partial charge in [-0.15, -0.1) is 0 Å². The molecular weight excluding hydrogens is 339 g/mol. The fourth-order valence-corrected chi connectivity index (χ4v) is 2.32. The molecule has 6 nitrogen and oxygen atoms in total. The molecule has 0 N–H and O–H groups in total. The Labute approximate surface area is 129 Å². The van der Waals surface area contributed by atoms with Crippen molar-refractivity contribution in [1.82, 2.24) is 4.98 Å². The molecule has 0 amide bonds. The van der Waals surface area contributed by atoms with Crippen molar-refractivity contribution < 1.29 is 35.2 Å². The molecule has 1 aromatic carbocycles. The number of alkyl halides is 3. The van der Waals surface area contributed by atoms with Crippen LogP contribution < -0.4 is 13.7 Å². The summed E-state index contributed by atoms with van der Waals surface area (Å²) in [6.07, 6.45) is 0. The number of methoxy groups -OCH3 is 2. The van der Waals surface area contributed by atoms with Crippen LogP contribution in [0.15, 0.2) is 18.2 Å². The molecule has 0 aliphatic carbocycles. The molecule has 2 rings (SSSR count). The maximum Gasteiger partial charge on any atom is 0.534 e. The molecule has 0 bridgehead atoms. The van der Waals surface area contributed by atoms with Crippen molar-refractivity contribution >= 4 is 20.9 Å². The summed E-state index contributed by atoms with van der Waals surface area (Å²) in [5.74, 6) is -0.159. The smallest absolute Gasteiger partial charge is 0.493 e. The fraction of sp³-hybridized carbons (Fsp3) is 0.308. The van der Waals surface area contributed by atoms with Gasteiger partial charge in [-0.1, -0.05) is 0 Å². The van der Waals surface area contributed by atoms with Crippen LogP contribution in [0, 0.1) is 6.92 Å². The van der Waals surface area contributed by atoms with Gasteiger partial charge in [-0.2, -0.15) is 21.6 Å². The Morgan fingerprint density at radius 2 is 1.61 bits per heavy atom. The maximum absolute atomic E-state index is 12.5. The van der Waals surface area contributed by atoms with E-state index in [1.807, 2.05) is 0 Å². The van der Waals surface area contributed by atoms with Crippen LogP contribution in [0.4, 0.5) is 13.2 Å². The van der Waals surface area contributed by atoms with Crippen molar-refractivity contribution in [2.75, 3.05) is 14.2 Å². The average Bonchev–Trinajstić information content (AvgIpc) is 2.44. The van der Waals surface area contributed by atoms with E-state index in [2.05, 4.69) is 9.17 Å². The lowest BCUT2D eigenvalue weighted by molar-refractivity contribution is -0.0500. The fourth-order valence-electron chi connectivity index (χ4n) is 1.89. The molecule has 0 saturated carbocycles. The van der Waals surface area contributed by atoms with Crippen LogP contribution in [0.5, 0.6) is 17.4 Å². The normalized spacial score (nSPS) is 12.3. The topological polar surface area (TPSA) is 74.7 Å². The van der Waals surface area contributed by atoms with Crippen LogP contribution in [0.1, 0.15) is 5.69 Å². The van der Waals surface area contributed by atoms with Crippen LogP contribution in [0.25, 0.3) is 10.8 Å². The summed E-state index contributed by atoms with van der Waals surface area (Å²) in [5.41, 5.74) is -5.28. The van der Waals surface area contributed by atoms with Gasteiger partial charge in [0.2, 0.25) is 5.88 Å². The lowest BCUT2D eigenvalue weighted by atomic mass is 10.1. The van der Waals surface area contributed by atoms with Gasteiger partial charge < -0.3 is 13.7 Å². The van der Waals surface area contributed by atoms with Gasteiger partial charge in [0, 0.05) is 11.1 Å². The molecular formula is C13H12F3NO5S. The van der Waals surface area contributed by atoms with Crippen molar-refractivity contribution in [2.24, 2.45) is 0 Å². The Morgan fingerprint density at radius 3 is 2.13 bits per heavy atom. The number of rotatable bonds is 4. The van der Waals surface area contributed by atoms with E-state index < -0.39 is 21.5 Å². The SMILES string of the molecule is COc1cc2cc(C)nc(OS(=O)(=O)C(F)(F)F)c2cc1OC. The zero-order valence-corrected chi connectivity index (χ0v) is 13.1. The van der Waals surface area contributed by atoms with E-state index in [1.54, 1.807) is 6.07 Å². The third kappa shape index (κ3) is 3.26. The molecule has 0 aliphatic rings. The Balaban J connectivity index is 2.69. The molecule has 0 fully saturated rings. The predicted octanol–water partition coefficient (Wildman–Crippen LogP) is 2.79. The van der Waals surface area contributed by atoms with Gasteiger partial charge in [-0.3, -0.25) is 0 Å². The van der Waals surface area contributed by atoms with Crippen molar-refractivity contribution in [3.05, 3.63) is 23.9 Å². The summed E-state index contributed by atoms with van der Waals surface area (Å²) < 4.78 is 74.2. The molecule has 0 aliphatic heterocycles. The van der Waals surface area contributed by atoms with Gasteiger partial charge in [0.05, 0.1) is 14.2 Å². The second kappa shape index (κ2) is 5.76. The van der Waals surface area contributed by atoms with E-state index in [-0.39, 0.29) is 16.8 Å². The van der Waals surface area contributed by atoms with Crippen LogP contribution >= 0.6 is 0 Å². The standard InChI is InChI=1S/C13H12F3NO5S/c1-7-4-8-5-10(20-2)11(21-3)6-9(8)12(17-7)22-23(18,19)13(14,15)16/h4-6H,1-3H3. The maximum atomic E-state index is 12.5. The van der Waals surface area contributed by atoms with Crippen LogP contribution in [0.3, 0.4) is 0 Å². The number of ether oxygens (including phenoxy) is 2. The summed E-state index contributed by atoms with van der Waals surface area (Å²) in [5, 5.41) is 0.434. The van der Waals surface area contributed by atoms with E-state index in [0.717, 1.165) is 0 Å². The Morgan fingerprint density at radius 1 is 1.04 bits per heavy atom. The molecule has 2 aromatic rings. The van der Waals surface area contributed by atoms with Gasteiger partial charge in [0.15, 0.2) is 11.5 Å². The Kier molecular flexibility index (Phi) is 4.29. The first-order chi connectivity index (χ1) is 10.6. The molecule has 0 saturated heterocycles. The van der Waals surface area contributed by atoms with Crippen molar-refractivity contribution in [3.63, 3.8) is 0 Å². The van der Waals surface area contributed by atoms with Crippen LogP contribution in [-0.2, 0) is 10.1 Å². The molecule has 1 aromatic heterocycles.